The van der Waals surface area contributed by atoms with Gasteiger partial charge in [0, 0.05) is 11.9 Å². The van der Waals surface area contributed by atoms with Crippen LogP contribution in [0.3, 0.4) is 0 Å². The van der Waals surface area contributed by atoms with Crippen molar-refractivity contribution < 1.29 is 9.90 Å². The zero-order valence-corrected chi connectivity index (χ0v) is 10.6. The molecular weight excluding hydrogens is 230 g/mol. The summed E-state index contributed by atoms with van der Waals surface area (Å²) in [6, 6.07) is 3.00. The average Bonchev–Trinajstić information content (AvgIpc) is 2.64. The summed E-state index contributed by atoms with van der Waals surface area (Å²) in [6.07, 6.45) is 2.39. The number of hydrogen-bond acceptors (Lipinski definition) is 3. The quantitative estimate of drug-likeness (QED) is 0.899. The van der Waals surface area contributed by atoms with Gasteiger partial charge in [0.05, 0.1) is 11.3 Å². The van der Waals surface area contributed by atoms with E-state index in [9.17, 15) is 4.79 Å². The Bertz CT molecular complexity index is 602. The molecule has 0 aliphatic rings. The van der Waals surface area contributed by atoms with Gasteiger partial charge in [-0.25, -0.2) is 14.5 Å². The molecule has 2 aromatic heterocycles. The lowest BCUT2D eigenvalue weighted by molar-refractivity contribution is 0.0696. The Kier molecular flexibility index (Phi) is 3.14. The van der Waals surface area contributed by atoms with E-state index in [1.807, 2.05) is 13.8 Å². The Morgan fingerprint density at radius 1 is 1.44 bits per heavy atom. The highest BCUT2D eigenvalue weighted by atomic mass is 16.4. The highest BCUT2D eigenvalue weighted by Gasteiger charge is 2.13. The Morgan fingerprint density at radius 3 is 2.72 bits per heavy atom. The highest BCUT2D eigenvalue weighted by molar-refractivity contribution is 5.87. The van der Waals surface area contributed by atoms with Crippen molar-refractivity contribution >= 4 is 5.97 Å². The molecule has 0 saturated heterocycles. The van der Waals surface area contributed by atoms with Crippen molar-refractivity contribution in [3.05, 3.63) is 40.8 Å². The smallest absolute Gasteiger partial charge is 0.335 e. The van der Waals surface area contributed by atoms with E-state index in [0.717, 1.165) is 17.8 Å². The van der Waals surface area contributed by atoms with E-state index in [4.69, 9.17) is 5.11 Å². The van der Waals surface area contributed by atoms with Crippen LogP contribution < -0.4 is 0 Å². The van der Waals surface area contributed by atoms with Gasteiger partial charge >= 0.3 is 5.97 Å². The van der Waals surface area contributed by atoms with Crippen molar-refractivity contribution in [2.45, 2.75) is 27.2 Å². The second-order valence-corrected chi connectivity index (χ2v) is 4.12. The standard InChI is InChI=1S/C13H15N3O2/c1-4-11-8(2)15-16(9(11)3)12-7-10(13(17)18)5-6-14-12/h5-7H,4H2,1-3H3,(H,17,18). The van der Waals surface area contributed by atoms with Gasteiger partial charge < -0.3 is 5.11 Å². The third kappa shape index (κ3) is 1.99. The molecule has 2 heterocycles. The predicted octanol–water partition coefficient (Wildman–Crippen LogP) is 2.14. The van der Waals surface area contributed by atoms with Crippen LogP contribution in [-0.4, -0.2) is 25.8 Å². The number of hydrogen-bond donors (Lipinski definition) is 1. The summed E-state index contributed by atoms with van der Waals surface area (Å²) in [7, 11) is 0. The molecule has 0 aliphatic heterocycles. The van der Waals surface area contributed by atoms with Crippen LogP contribution in [0.4, 0.5) is 0 Å². The molecule has 0 atom stereocenters. The average molecular weight is 245 g/mol. The maximum absolute atomic E-state index is 10.9. The fourth-order valence-electron chi connectivity index (χ4n) is 2.08. The van der Waals surface area contributed by atoms with Gasteiger partial charge in [0.1, 0.15) is 0 Å². The first-order valence-corrected chi connectivity index (χ1v) is 5.79. The van der Waals surface area contributed by atoms with Crippen LogP contribution in [-0.2, 0) is 6.42 Å². The Labute approximate surface area is 105 Å². The molecule has 2 aromatic rings. The molecule has 0 radical (unpaired) electrons. The first-order valence-electron chi connectivity index (χ1n) is 5.79. The second kappa shape index (κ2) is 4.60. The molecule has 18 heavy (non-hydrogen) atoms. The van der Waals surface area contributed by atoms with Crippen molar-refractivity contribution in [3.8, 4) is 5.82 Å². The number of aromatic nitrogens is 3. The molecule has 0 saturated carbocycles. The number of aryl methyl sites for hydroxylation is 1. The predicted molar refractivity (Wildman–Crippen MR) is 67.2 cm³/mol. The van der Waals surface area contributed by atoms with E-state index in [-0.39, 0.29) is 5.56 Å². The molecule has 0 bridgehead atoms. The molecule has 2 rings (SSSR count). The molecule has 0 spiro atoms. The van der Waals surface area contributed by atoms with Gasteiger partial charge in [-0.05, 0) is 38.0 Å². The Hall–Kier alpha value is -2.17. The maximum Gasteiger partial charge on any atom is 0.335 e. The molecule has 0 aromatic carbocycles. The van der Waals surface area contributed by atoms with E-state index in [0.29, 0.717) is 5.82 Å². The Morgan fingerprint density at radius 2 is 2.17 bits per heavy atom. The molecule has 5 nitrogen and oxygen atoms in total. The lowest BCUT2D eigenvalue weighted by Gasteiger charge is -2.04. The maximum atomic E-state index is 10.9. The van der Waals surface area contributed by atoms with Crippen LogP contribution in [0.25, 0.3) is 5.82 Å². The number of carbonyl (C=O) groups is 1. The summed E-state index contributed by atoms with van der Waals surface area (Å²) in [5, 5.41) is 13.4. The molecule has 0 aliphatic carbocycles. The normalized spacial score (nSPS) is 10.6. The number of nitrogens with zero attached hydrogens (tertiary/aromatic N) is 3. The minimum absolute atomic E-state index is 0.214. The zero-order chi connectivity index (χ0) is 13.3. The second-order valence-electron chi connectivity index (χ2n) is 4.12. The third-order valence-electron chi connectivity index (χ3n) is 3.00. The monoisotopic (exact) mass is 245 g/mol. The van der Waals surface area contributed by atoms with Crippen LogP contribution in [0.5, 0.6) is 0 Å². The first-order chi connectivity index (χ1) is 8.54. The van der Waals surface area contributed by atoms with Gasteiger partial charge in [0.2, 0.25) is 0 Å². The molecule has 0 amide bonds. The third-order valence-corrected chi connectivity index (χ3v) is 3.00. The van der Waals surface area contributed by atoms with E-state index in [2.05, 4.69) is 17.0 Å². The lowest BCUT2D eigenvalue weighted by atomic mass is 10.1. The molecule has 5 heteroatoms. The van der Waals surface area contributed by atoms with Gasteiger partial charge in [-0.15, -0.1) is 0 Å². The molecule has 94 valence electrons. The largest absolute Gasteiger partial charge is 0.478 e. The van der Waals surface area contributed by atoms with Gasteiger partial charge in [0.15, 0.2) is 5.82 Å². The molecule has 0 unspecified atom stereocenters. The summed E-state index contributed by atoms with van der Waals surface area (Å²) in [4.78, 5) is 15.1. The minimum atomic E-state index is -0.962. The number of rotatable bonds is 3. The van der Waals surface area contributed by atoms with Gasteiger partial charge in [0.25, 0.3) is 0 Å². The topological polar surface area (TPSA) is 68.0 Å². The van der Waals surface area contributed by atoms with Crippen LogP contribution >= 0.6 is 0 Å². The summed E-state index contributed by atoms with van der Waals surface area (Å²) in [5.41, 5.74) is 3.35. The van der Waals surface area contributed by atoms with Crippen LogP contribution in [0.15, 0.2) is 18.3 Å². The van der Waals surface area contributed by atoms with Crippen molar-refractivity contribution in [1.29, 1.82) is 0 Å². The SMILES string of the molecule is CCc1c(C)nn(-c2cc(C(=O)O)ccn2)c1C. The lowest BCUT2D eigenvalue weighted by Crippen LogP contribution is -2.05. The molecule has 1 N–H and O–H groups in total. The first kappa shape index (κ1) is 12.3. The van der Waals surface area contributed by atoms with Crippen LogP contribution in [0, 0.1) is 13.8 Å². The van der Waals surface area contributed by atoms with Crippen molar-refractivity contribution in [2.24, 2.45) is 0 Å². The fourth-order valence-corrected chi connectivity index (χ4v) is 2.08. The van der Waals surface area contributed by atoms with E-state index >= 15 is 0 Å². The number of pyridine rings is 1. The van der Waals surface area contributed by atoms with Crippen molar-refractivity contribution in [3.63, 3.8) is 0 Å². The van der Waals surface area contributed by atoms with Crippen LogP contribution in [0.1, 0.15) is 34.2 Å². The van der Waals surface area contributed by atoms with E-state index in [1.165, 1.54) is 23.9 Å². The zero-order valence-electron chi connectivity index (χ0n) is 10.6. The summed E-state index contributed by atoms with van der Waals surface area (Å²) < 4.78 is 1.70. The molecular formula is C13H15N3O2. The molecule has 0 fully saturated rings. The number of aromatic carboxylic acids is 1. The van der Waals surface area contributed by atoms with E-state index < -0.39 is 5.97 Å². The van der Waals surface area contributed by atoms with Gasteiger partial charge in [-0.3, -0.25) is 0 Å². The summed E-state index contributed by atoms with van der Waals surface area (Å²) in [5.74, 6) is -0.425. The minimum Gasteiger partial charge on any atom is -0.478 e. The van der Waals surface area contributed by atoms with Gasteiger partial charge in [-0.1, -0.05) is 6.92 Å². The van der Waals surface area contributed by atoms with Crippen molar-refractivity contribution in [2.75, 3.05) is 0 Å². The van der Waals surface area contributed by atoms with Crippen LogP contribution in [0.2, 0.25) is 0 Å². The van der Waals surface area contributed by atoms with Gasteiger partial charge in [-0.2, -0.15) is 5.10 Å². The summed E-state index contributed by atoms with van der Waals surface area (Å²) in [6.45, 7) is 5.99. The number of carboxylic acids is 1. The van der Waals surface area contributed by atoms with E-state index in [1.54, 1.807) is 4.68 Å². The summed E-state index contributed by atoms with van der Waals surface area (Å²) >= 11 is 0. The Balaban J connectivity index is 2.55. The fraction of sp³-hybridized carbons (Fsp3) is 0.308. The highest BCUT2D eigenvalue weighted by Crippen LogP contribution is 2.17. The van der Waals surface area contributed by atoms with Crippen molar-refractivity contribution in [1.82, 2.24) is 14.8 Å². The number of carboxylic acid groups (broad SMARTS) is 1.